The molecule has 0 unspecified atom stereocenters. The minimum atomic E-state index is -0.327. The number of carbonyl (C=O) groups excluding carboxylic acids is 1. The largest absolute Gasteiger partial charge is 0.454 e. The van der Waals surface area contributed by atoms with Gasteiger partial charge in [-0.15, -0.1) is 10.2 Å². The minimum absolute atomic E-state index is 0.179. The Hall–Kier alpha value is -4.70. The van der Waals surface area contributed by atoms with Gasteiger partial charge in [0.05, 0.1) is 0 Å². The van der Waals surface area contributed by atoms with E-state index in [1.807, 2.05) is 53.1 Å². The van der Waals surface area contributed by atoms with Gasteiger partial charge < -0.3 is 14.8 Å². The predicted octanol–water partition coefficient (Wildman–Crippen LogP) is 5.42. The molecule has 39 heavy (non-hydrogen) atoms. The number of nitrogens with zero attached hydrogens (tertiary/aromatic N) is 4. The number of thioether (sulfide) groups is 1. The second kappa shape index (κ2) is 11.0. The van der Waals surface area contributed by atoms with Gasteiger partial charge in [-0.1, -0.05) is 36.0 Å². The Morgan fingerprint density at radius 1 is 0.949 bits per heavy atom. The predicted molar refractivity (Wildman–Crippen MR) is 144 cm³/mol. The van der Waals surface area contributed by atoms with Crippen molar-refractivity contribution in [2.24, 2.45) is 0 Å². The Bertz CT molecular complexity index is 1630. The van der Waals surface area contributed by atoms with Crippen LogP contribution in [-0.2, 0) is 12.3 Å². The zero-order valence-corrected chi connectivity index (χ0v) is 21.4. The lowest BCUT2D eigenvalue weighted by Crippen LogP contribution is -2.23. The van der Waals surface area contributed by atoms with E-state index in [4.69, 9.17) is 9.47 Å². The van der Waals surface area contributed by atoms with E-state index in [1.54, 1.807) is 30.6 Å². The summed E-state index contributed by atoms with van der Waals surface area (Å²) in [5.74, 6) is 1.96. The molecular formula is C29H22FN5O3S. The molecule has 3 heterocycles. The maximum atomic E-state index is 13.7. The summed E-state index contributed by atoms with van der Waals surface area (Å²) in [5.41, 5.74) is 3.90. The molecule has 1 N–H and O–H groups in total. The summed E-state index contributed by atoms with van der Waals surface area (Å²) < 4.78 is 26.3. The molecule has 2 aromatic heterocycles. The monoisotopic (exact) mass is 539 g/mol. The molecule has 1 amide bonds. The molecule has 0 saturated heterocycles. The van der Waals surface area contributed by atoms with Gasteiger partial charge in [0.15, 0.2) is 22.5 Å². The van der Waals surface area contributed by atoms with Crippen LogP contribution in [0.4, 0.5) is 4.39 Å². The maximum Gasteiger partial charge on any atom is 0.251 e. The SMILES string of the molecule is O=C(NCc1ccc2c(c1)OCO2)c1ccccc1CSc1nnc(-c2ccncc2)n1-c1ccc(F)cc1. The van der Waals surface area contributed by atoms with E-state index in [2.05, 4.69) is 20.5 Å². The number of nitrogens with one attached hydrogen (secondary N) is 1. The van der Waals surface area contributed by atoms with E-state index in [-0.39, 0.29) is 18.5 Å². The molecule has 8 nitrogen and oxygen atoms in total. The van der Waals surface area contributed by atoms with Crippen LogP contribution in [0.3, 0.4) is 0 Å². The third-order valence-corrected chi connectivity index (χ3v) is 7.14. The number of amides is 1. The molecule has 0 aliphatic carbocycles. The lowest BCUT2D eigenvalue weighted by molar-refractivity contribution is 0.0950. The van der Waals surface area contributed by atoms with Gasteiger partial charge in [-0.2, -0.15) is 0 Å². The third kappa shape index (κ3) is 5.32. The molecule has 194 valence electrons. The smallest absolute Gasteiger partial charge is 0.251 e. The van der Waals surface area contributed by atoms with Crippen LogP contribution in [0.2, 0.25) is 0 Å². The summed E-state index contributed by atoms with van der Waals surface area (Å²) in [4.78, 5) is 17.2. The molecule has 5 aromatic rings. The topological polar surface area (TPSA) is 91.2 Å². The molecule has 6 rings (SSSR count). The standard InChI is InChI=1S/C29H22FN5O3S/c30-22-6-8-23(9-7-22)35-27(20-11-13-31-14-12-20)33-34-29(35)39-17-21-3-1-2-4-24(21)28(36)32-16-19-5-10-25-26(15-19)38-18-37-25/h1-15H,16-18H2,(H,32,36). The second-order valence-electron chi connectivity index (χ2n) is 8.67. The Labute approximate surface area is 227 Å². The molecule has 3 aromatic carbocycles. The number of hydrogen-bond acceptors (Lipinski definition) is 7. The first-order chi connectivity index (χ1) is 19.2. The van der Waals surface area contributed by atoms with Crippen molar-refractivity contribution in [3.05, 3.63) is 114 Å². The highest BCUT2D eigenvalue weighted by atomic mass is 32.2. The number of ether oxygens (including phenoxy) is 2. The van der Waals surface area contributed by atoms with Crippen molar-refractivity contribution in [3.63, 3.8) is 0 Å². The van der Waals surface area contributed by atoms with Crippen LogP contribution in [0.5, 0.6) is 11.5 Å². The molecule has 1 aliphatic heterocycles. The Balaban J connectivity index is 1.22. The zero-order valence-electron chi connectivity index (χ0n) is 20.6. The van der Waals surface area contributed by atoms with Gasteiger partial charge in [-0.25, -0.2) is 4.39 Å². The van der Waals surface area contributed by atoms with Crippen LogP contribution in [0.1, 0.15) is 21.5 Å². The summed E-state index contributed by atoms with van der Waals surface area (Å²) in [5, 5.41) is 12.4. The molecule has 10 heteroatoms. The van der Waals surface area contributed by atoms with Gasteiger partial charge in [-0.05, 0) is 65.7 Å². The van der Waals surface area contributed by atoms with Crippen molar-refractivity contribution in [2.45, 2.75) is 17.5 Å². The van der Waals surface area contributed by atoms with Crippen LogP contribution in [-0.4, -0.2) is 32.4 Å². The number of carbonyl (C=O) groups is 1. The van der Waals surface area contributed by atoms with Crippen LogP contribution in [0, 0.1) is 5.82 Å². The van der Waals surface area contributed by atoms with E-state index >= 15 is 0 Å². The number of hydrogen-bond donors (Lipinski definition) is 1. The highest BCUT2D eigenvalue weighted by molar-refractivity contribution is 7.98. The fourth-order valence-electron chi connectivity index (χ4n) is 4.21. The maximum absolute atomic E-state index is 13.7. The summed E-state index contributed by atoms with van der Waals surface area (Å²) in [6.07, 6.45) is 3.37. The van der Waals surface area contributed by atoms with E-state index in [0.29, 0.717) is 40.3 Å². The van der Waals surface area contributed by atoms with Crippen LogP contribution < -0.4 is 14.8 Å². The van der Waals surface area contributed by atoms with Crippen molar-refractivity contribution in [2.75, 3.05) is 6.79 Å². The number of benzene rings is 3. The van der Waals surface area contributed by atoms with E-state index < -0.39 is 0 Å². The quantitative estimate of drug-likeness (QED) is 0.263. The van der Waals surface area contributed by atoms with Crippen molar-refractivity contribution in [3.8, 4) is 28.6 Å². The van der Waals surface area contributed by atoms with Gasteiger partial charge in [-0.3, -0.25) is 14.3 Å². The fraction of sp³-hybridized carbons (Fsp3) is 0.103. The van der Waals surface area contributed by atoms with Crippen molar-refractivity contribution in [1.82, 2.24) is 25.1 Å². The van der Waals surface area contributed by atoms with Gasteiger partial charge in [0.2, 0.25) is 6.79 Å². The molecular weight excluding hydrogens is 517 g/mol. The normalized spacial score (nSPS) is 11.9. The summed E-state index contributed by atoms with van der Waals surface area (Å²) in [6.45, 7) is 0.556. The average Bonchev–Trinajstić information content (AvgIpc) is 3.63. The average molecular weight is 540 g/mol. The Morgan fingerprint density at radius 3 is 2.59 bits per heavy atom. The van der Waals surface area contributed by atoms with Gasteiger partial charge in [0.1, 0.15) is 5.82 Å². The first-order valence-corrected chi connectivity index (χ1v) is 13.1. The summed E-state index contributed by atoms with van der Waals surface area (Å²) in [6, 6.07) is 22.9. The van der Waals surface area contributed by atoms with Crippen molar-refractivity contribution in [1.29, 1.82) is 0 Å². The molecule has 0 saturated carbocycles. The van der Waals surface area contributed by atoms with E-state index in [9.17, 15) is 9.18 Å². The second-order valence-corrected chi connectivity index (χ2v) is 9.61. The van der Waals surface area contributed by atoms with Crippen molar-refractivity contribution >= 4 is 17.7 Å². The molecule has 0 radical (unpaired) electrons. The first kappa shape index (κ1) is 24.6. The molecule has 0 fully saturated rings. The van der Waals surface area contributed by atoms with Crippen LogP contribution in [0.15, 0.2) is 96.4 Å². The molecule has 0 spiro atoms. The van der Waals surface area contributed by atoms with Crippen molar-refractivity contribution < 1.29 is 18.7 Å². The summed E-state index contributed by atoms with van der Waals surface area (Å²) >= 11 is 1.44. The Kier molecular flexibility index (Phi) is 6.92. The van der Waals surface area contributed by atoms with Crippen LogP contribution in [0.25, 0.3) is 17.1 Å². The highest BCUT2D eigenvalue weighted by Gasteiger charge is 2.19. The molecule has 1 aliphatic rings. The lowest BCUT2D eigenvalue weighted by Gasteiger charge is -2.12. The van der Waals surface area contributed by atoms with Gasteiger partial charge in [0.25, 0.3) is 5.91 Å². The zero-order chi connectivity index (χ0) is 26.6. The van der Waals surface area contributed by atoms with E-state index in [0.717, 1.165) is 22.4 Å². The first-order valence-electron chi connectivity index (χ1n) is 12.1. The van der Waals surface area contributed by atoms with Crippen LogP contribution >= 0.6 is 11.8 Å². The number of pyridine rings is 1. The fourth-order valence-corrected chi connectivity index (χ4v) is 5.17. The van der Waals surface area contributed by atoms with Gasteiger partial charge in [0, 0.05) is 41.5 Å². The summed E-state index contributed by atoms with van der Waals surface area (Å²) in [7, 11) is 0. The molecule has 0 atom stereocenters. The molecule has 0 bridgehead atoms. The number of aromatic nitrogens is 4. The van der Waals surface area contributed by atoms with Gasteiger partial charge >= 0.3 is 0 Å². The Morgan fingerprint density at radius 2 is 1.74 bits per heavy atom. The highest BCUT2D eigenvalue weighted by Crippen LogP contribution is 2.33. The minimum Gasteiger partial charge on any atom is -0.454 e. The number of rotatable bonds is 8. The van der Waals surface area contributed by atoms with E-state index in [1.165, 1.54) is 23.9 Å². The number of fused-ring (bicyclic) bond motifs is 1. The third-order valence-electron chi connectivity index (χ3n) is 6.17. The number of halogens is 1. The lowest BCUT2D eigenvalue weighted by atomic mass is 10.1.